The molecule has 0 spiro atoms. The van der Waals surface area contributed by atoms with Gasteiger partial charge in [-0.2, -0.15) is 5.26 Å². The van der Waals surface area contributed by atoms with Crippen molar-refractivity contribution in [3.63, 3.8) is 0 Å². The smallest absolute Gasteiger partial charge is 0.136 e. The molecule has 37 heavy (non-hydrogen) atoms. The highest BCUT2D eigenvalue weighted by Gasteiger charge is 2.18. The Labute approximate surface area is 222 Å². The minimum absolute atomic E-state index is 0.00565. The van der Waals surface area contributed by atoms with Crippen LogP contribution in [0.2, 0.25) is 0 Å². The van der Waals surface area contributed by atoms with Crippen LogP contribution >= 0.6 is 0 Å². The molecule has 0 unspecified atom stereocenters. The van der Waals surface area contributed by atoms with Gasteiger partial charge in [0.05, 0.1) is 25.4 Å². The van der Waals surface area contributed by atoms with Crippen LogP contribution in [-0.4, -0.2) is 56.0 Å². The molecule has 0 aliphatic carbocycles. The number of nitriles is 1. The van der Waals surface area contributed by atoms with Gasteiger partial charge in [-0.1, -0.05) is 25.3 Å². The standard InChI is InChI=1S/C30H42N4O3/c1-22(7-8-29(24(3)20-31)37-26-12-17-36-18-13-26)27-10-14-32-21-33-28(19-23(27)2)25(11-16-35)9-15-34-30(4,5)6/h7-8,10-11,14,19,26,33-35H,2-3,9,12-13,15-18,21H2,1,4-6H3/b22-7+,25-11+,27-10-,28-19-,29-8+,32-14-. The summed E-state index contributed by atoms with van der Waals surface area (Å²) < 4.78 is 11.5. The van der Waals surface area contributed by atoms with E-state index in [-0.39, 0.29) is 23.8 Å². The molecular formula is C30H42N4O3. The van der Waals surface area contributed by atoms with Gasteiger partial charge in [0.2, 0.25) is 0 Å². The highest BCUT2D eigenvalue weighted by atomic mass is 16.5. The second-order valence-electron chi connectivity index (χ2n) is 10.1. The maximum atomic E-state index is 9.64. The lowest BCUT2D eigenvalue weighted by Gasteiger charge is -2.24. The number of aliphatic hydroxyl groups excluding tert-OH is 1. The summed E-state index contributed by atoms with van der Waals surface area (Å²) in [5.41, 5.74) is 4.82. The van der Waals surface area contributed by atoms with Gasteiger partial charge in [0.25, 0.3) is 0 Å². The van der Waals surface area contributed by atoms with E-state index in [0.29, 0.717) is 25.6 Å². The lowest BCUT2D eigenvalue weighted by Crippen LogP contribution is -2.36. The third kappa shape index (κ3) is 10.8. The first-order chi connectivity index (χ1) is 17.6. The van der Waals surface area contributed by atoms with E-state index in [1.165, 1.54) is 0 Å². The molecule has 1 fully saturated rings. The number of allylic oxidation sites excluding steroid dienone is 9. The fraction of sp³-hybridized carbons (Fsp3) is 0.467. The molecule has 2 rings (SSSR count). The molecule has 200 valence electrons. The first-order valence-electron chi connectivity index (χ1n) is 12.8. The van der Waals surface area contributed by atoms with Crippen LogP contribution in [0, 0.1) is 11.3 Å². The Kier molecular flexibility index (Phi) is 12.3. The van der Waals surface area contributed by atoms with Gasteiger partial charge in [0, 0.05) is 30.3 Å². The Hall–Kier alpha value is -3.18. The number of nitrogens with one attached hydrogen (secondary N) is 2. The molecule has 0 bridgehead atoms. The predicted octanol–water partition coefficient (Wildman–Crippen LogP) is 4.79. The van der Waals surface area contributed by atoms with E-state index in [1.54, 1.807) is 12.3 Å². The summed E-state index contributed by atoms with van der Waals surface area (Å²) in [4.78, 5) is 4.45. The van der Waals surface area contributed by atoms with Crippen LogP contribution in [0.5, 0.6) is 0 Å². The zero-order valence-corrected chi connectivity index (χ0v) is 22.8. The second kappa shape index (κ2) is 15.2. The first-order valence-corrected chi connectivity index (χ1v) is 12.8. The van der Waals surface area contributed by atoms with Gasteiger partial charge in [-0.15, -0.1) is 0 Å². The van der Waals surface area contributed by atoms with E-state index in [4.69, 9.17) is 9.47 Å². The molecule has 0 aromatic rings. The monoisotopic (exact) mass is 506 g/mol. The zero-order valence-electron chi connectivity index (χ0n) is 22.8. The number of hydrogen-bond acceptors (Lipinski definition) is 7. The highest BCUT2D eigenvalue weighted by Crippen LogP contribution is 2.25. The van der Waals surface area contributed by atoms with Gasteiger partial charge >= 0.3 is 0 Å². The predicted molar refractivity (Wildman–Crippen MR) is 151 cm³/mol. The molecule has 0 saturated carbocycles. The average molecular weight is 507 g/mol. The van der Waals surface area contributed by atoms with Crippen molar-refractivity contribution in [1.29, 1.82) is 5.26 Å². The van der Waals surface area contributed by atoms with E-state index < -0.39 is 0 Å². The van der Waals surface area contributed by atoms with Gasteiger partial charge in [-0.3, -0.25) is 4.99 Å². The number of hydrogen-bond donors (Lipinski definition) is 3. The van der Waals surface area contributed by atoms with E-state index in [2.05, 4.69) is 55.6 Å². The van der Waals surface area contributed by atoms with Crippen molar-refractivity contribution in [3.8, 4) is 6.07 Å². The molecule has 0 aromatic heterocycles. The van der Waals surface area contributed by atoms with Crippen molar-refractivity contribution in [2.24, 2.45) is 4.99 Å². The Balaban J connectivity index is 2.29. The van der Waals surface area contributed by atoms with Crippen LogP contribution in [0.15, 0.2) is 87.9 Å². The molecule has 0 radical (unpaired) electrons. The van der Waals surface area contributed by atoms with Gasteiger partial charge in [-0.25, -0.2) is 0 Å². The van der Waals surface area contributed by atoms with Crippen molar-refractivity contribution in [1.82, 2.24) is 10.6 Å². The molecule has 2 aliphatic heterocycles. The maximum Gasteiger partial charge on any atom is 0.136 e. The summed E-state index contributed by atoms with van der Waals surface area (Å²) in [6.45, 7) is 19.0. The van der Waals surface area contributed by atoms with E-state index in [1.807, 2.05) is 31.2 Å². The van der Waals surface area contributed by atoms with Gasteiger partial charge in [0.15, 0.2) is 0 Å². The Morgan fingerprint density at radius 1 is 1.35 bits per heavy atom. The van der Waals surface area contributed by atoms with E-state index in [0.717, 1.165) is 53.8 Å². The van der Waals surface area contributed by atoms with Crippen LogP contribution in [0.3, 0.4) is 0 Å². The highest BCUT2D eigenvalue weighted by molar-refractivity contribution is 5.76. The number of rotatable bonds is 10. The summed E-state index contributed by atoms with van der Waals surface area (Å²) in [5.74, 6) is 0.467. The van der Waals surface area contributed by atoms with Crippen LogP contribution < -0.4 is 10.6 Å². The molecule has 2 heterocycles. The van der Waals surface area contributed by atoms with Crippen molar-refractivity contribution in [2.45, 2.75) is 58.6 Å². The largest absolute Gasteiger partial charge is 0.489 e. The second-order valence-corrected chi connectivity index (χ2v) is 10.1. The minimum atomic E-state index is -0.0509. The number of aliphatic hydroxyl groups is 1. The fourth-order valence-corrected chi connectivity index (χ4v) is 3.87. The van der Waals surface area contributed by atoms with Crippen molar-refractivity contribution in [2.75, 3.05) is 33.0 Å². The maximum absolute atomic E-state index is 9.64. The lowest BCUT2D eigenvalue weighted by atomic mass is 9.96. The SMILES string of the molecule is C=C(C#N)\C(=C/C=C(C)/C1=C/C=N\CNC(/C(=C/CO)CCNC(C)(C)C)=C\C1=C)OC1CCOCC1. The summed E-state index contributed by atoms with van der Waals surface area (Å²) in [7, 11) is 0. The third-order valence-corrected chi connectivity index (χ3v) is 5.91. The van der Waals surface area contributed by atoms with Crippen molar-refractivity contribution >= 4 is 6.21 Å². The van der Waals surface area contributed by atoms with Crippen LogP contribution in [0.25, 0.3) is 0 Å². The molecule has 7 nitrogen and oxygen atoms in total. The average Bonchev–Trinajstić information content (AvgIpc) is 2.95. The van der Waals surface area contributed by atoms with Crippen molar-refractivity contribution < 1.29 is 14.6 Å². The summed E-state index contributed by atoms with van der Waals surface area (Å²) in [5, 5.41) is 25.9. The van der Waals surface area contributed by atoms with Crippen LogP contribution in [-0.2, 0) is 9.47 Å². The molecule has 0 aromatic carbocycles. The molecule has 0 atom stereocenters. The Morgan fingerprint density at radius 3 is 2.73 bits per heavy atom. The quantitative estimate of drug-likeness (QED) is 0.224. The Bertz CT molecular complexity index is 1040. The normalized spacial score (nSPS) is 22.3. The molecule has 7 heteroatoms. The van der Waals surface area contributed by atoms with Crippen molar-refractivity contribution in [3.05, 3.63) is 82.9 Å². The van der Waals surface area contributed by atoms with Gasteiger partial charge < -0.3 is 25.2 Å². The first kappa shape index (κ1) is 30.0. The molecule has 0 amide bonds. The fourth-order valence-electron chi connectivity index (χ4n) is 3.87. The topological polar surface area (TPSA) is 98.9 Å². The lowest BCUT2D eigenvalue weighted by molar-refractivity contribution is -0.00129. The number of aliphatic imine (C=N–C) groups is 1. The number of ether oxygens (including phenoxy) is 2. The van der Waals surface area contributed by atoms with E-state index in [9.17, 15) is 10.4 Å². The van der Waals surface area contributed by atoms with E-state index >= 15 is 0 Å². The molecular weight excluding hydrogens is 464 g/mol. The summed E-state index contributed by atoms with van der Waals surface area (Å²) in [6.07, 6.45) is 13.5. The molecule has 1 saturated heterocycles. The molecule has 3 N–H and O–H groups in total. The number of nitrogens with zero attached hydrogens (tertiary/aromatic N) is 2. The van der Waals surface area contributed by atoms with Crippen LogP contribution in [0.4, 0.5) is 0 Å². The van der Waals surface area contributed by atoms with Crippen LogP contribution in [0.1, 0.15) is 47.0 Å². The summed E-state index contributed by atoms with van der Waals surface area (Å²) >= 11 is 0. The minimum Gasteiger partial charge on any atom is -0.489 e. The summed E-state index contributed by atoms with van der Waals surface area (Å²) in [6, 6.07) is 2.10. The zero-order chi connectivity index (χ0) is 27.3. The Morgan fingerprint density at radius 2 is 2.08 bits per heavy atom. The van der Waals surface area contributed by atoms with Gasteiger partial charge in [0.1, 0.15) is 24.6 Å². The third-order valence-electron chi connectivity index (χ3n) is 5.91. The van der Waals surface area contributed by atoms with Gasteiger partial charge in [-0.05, 0) is 81.2 Å². The molecule has 2 aliphatic rings.